The molecular weight excluding hydrogens is 1190 g/mol. The molecule has 14 aromatic carbocycles. The molecule has 0 radical (unpaired) electrons. The van der Waals surface area contributed by atoms with Crippen LogP contribution in [-0.4, -0.2) is 31.4 Å². The van der Waals surface area contributed by atoms with Crippen LogP contribution in [0.5, 0.6) is 11.5 Å². The summed E-state index contributed by atoms with van der Waals surface area (Å²) < 4.78 is 13.0. The van der Waals surface area contributed by atoms with Crippen LogP contribution in [0.15, 0.2) is 335 Å². The first kappa shape index (κ1) is 54.2. The molecule has 434 valence electrons. The average Bonchev–Trinajstić information content (AvgIpc) is 1.36. The number of rotatable bonds is 7. The Morgan fingerprint density at radius 3 is 1.48 bits per heavy atom. The lowest BCUT2D eigenvalue weighted by Gasteiger charge is -2.41. The minimum atomic E-state index is -0.234. The van der Waals surface area contributed by atoms with Gasteiger partial charge in [-0.05, 0) is 104 Å². The highest BCUT2D eigenvalue weighted by Gasteiger charge is 2.47. The molecule has 0 saturated carbocycles. The van der Waals surface area contributed by atoms with Gasteiger partial charge in [-0.15, -0.1) is 11.3 Å². The molecule has 0 saturated heterocycles. The summed E-state index contributed by atoms with van der Waals surface area (Å²) in [5, 5.41) is 5.08. The highest BCUT2D eigenvalue weighted by molar-refractivity contribution is 8.03. The van der Waals surface area contributed by atoms with Crippen molar-refractivity contribution in [3.8, 4) is 28.3 Å². The van der Waals surface area contributed by atoms with Crippen molar-refractivity contribution in [3.05, 3.63) is 315 Å². The van der Waals surface area contributed by atoms with E-state index < -0.39 is 0 Å². The first-order valence-corrected chi connectivity index (χ1v) is 34.9. The van der Waals surface area contributed by atoms with Crippen molar-refractivity contribution in [2.24, 2.45) is 0 Å². The molecule has 4 aliphatic heterocycles. The molecule has 0 N–H and O–H groups in total. The fourth-order valence-electron chi connectivity index (χ4n) is 16.4. The van der Waals surface area contributed by atoms with Crippen LogP contribution in [0.1, 0.15) is 0 Å². The van der Waals surface area contributed by atoms with Crippen molar-refractivity contribution >= 4 is 186 Å². The summed E-state index contributed by atoms with van der Waals surface area (Å²) >= 11 is 5.95. The predicted molar refractivity (Wildman–Crippen MR) is 406 cm³/mol. The third-order valence-corrected chi connectivity index (χ3v) is 24.1. The van der Waals surface area contributed by atoms with Crippen molar-refractivity contribution in [2.75, 3.05) is 4.90 Å². The van der Waals surface area contributed by atoms with Gasteiger partial charge in [-0.1, -0.05) is 317 Å². The summed E-state index contributed by atoms with van der Waals surface area (Å²) in [6.45, 7) is -0.303. The van der Waals surface area contributed by atoms with Gasteiger partial charge < -0.3 is 14.2 Å². The van der Waals surface area contributed by atoms with Crippen molar-refractivity contribution in [1.82, 2.24) is 4.57 Å². The number of anilines is 3. The summed E-state index contributed by atoms with van der Waals surface area (Å²) in [5.74, 6) is 1.78. The van der Waals surface area contributed by atoms with Crippen LogP contribution >= 0.6 is 34.9 Å². The molecule has 94 heavy (non-hydrogen) atoms. The van der Waals surface area contributed by atoms with Crippen LogP contribution < -0.4 is 75.2 Å². The van der Waals surface area contributed by atoms with E-state index in [9.17, 15) is 0 Å². The maximum absolute atomic E-state index is 7.79. The smallest absolute Gasteiger partial charge is 0.253 e. The van der Waals surface area contributed by atoms with Crippen LogP contribution in [0.2, 0.25) is 0 Å². The predicted octanol–water partition coefficient (Wildman–Crippen LogP) is 13.7. The Labute approximate surface area is 559 Å². The van der Waals surface area contributed by atoms with Crippen molar-refractivity contribution in [1.29, 1.82) is 0 Å². The zero-order chi connectivity index (χ0) is 61.5. The first-order valence-electron chi connectivity index (χ1n) is 32.4. The van der Waals surface area contributed by atoms with E-state index in [1.165, 1.54) is 116 Å². The fraction of sp³-hybridized carbons (Fsp3) is 0. The van der Waals surface area contributed by atoms with Crippen LogP contribution in [0.4, 0.5) is 17.1 Å². The number of benzene rings is 14. The van der Waals surface area contributed by atoms with Crippen LogP contribution in [0, 0.1) is 0 Å². The summed E-state index contributed by atoms with van der Waals surface area (Å²) in [7, 11) is 0. The molecular formula is C84H52B4N2OS3. The van der Waals surface area contributed by atoms with Gasteiger partial charge in [0, 0.05) is 62.2 Å². The Morgan fingerprint density at radius 2 is 0.819 bits per heavy atom. The molecule has 0 spiro atoms. The van der Waals surface area contributed by atoms with E-state index in [1.807, 2.05) is 34.9 Å². The van der Waals surface area contributed by atoms with E-state index in [0.717, 1.165) is 56.2 Å². The Bertz CT molecular complexity index is 5750. The lowest BCUT2D eigenvalue weighted by molar-refractivity contribution is 0.491. The highest BCUT2D eigenvalue weighted by Crippen LogP contribution is 2.50. The van der Waals surface area contributed by atoms with Gasteiger partial charge in [0.25, 0.3) is 13.4 Å². The van der Waals surface area contributed by atoms with E-state index in [0.29, 0.717) is 0 Å². The Kier molecular flexibility index (Phi) is 12.5. The molecule has 3 nitrogen and oxygen atoms in total. The topological polar surface area (TPSA) is 17.4 Å². The van der Waals surface area contributed by atoms with Crippen LogP contribution in [0.25, 0.3) is 58.8 Å². The highest BCUT2D eigenvalue weighted by atomic mass is 32.2. The molecule has 0 bridgehead atoms. The number of hydrogen-bond acceptors (Lipinski definition) is 5. The molecule has 6 heterocycles. The quantitative estimate of drug-likeness (QED) is 0.148. The van der Waals surface area contributed by atoms with Gasteiger partial charge in [-0.25, -0.2) is 0 Å². The fourth-order valence-corrected chi connectivity index (χ4v) is 20.6. The van der Waals surface area contributed by atoms with E-state index in [-0.39, 0.29) is 26.9 Å². The average molecular weight is 1240 g/mol. The molecule has 0 fully saturated rings. The van der Waals surface area contributed by atoms with Crippen LogP contribution in [0.3, 0.4) is 0 Å². The summed E-state index contributed by atoms with van der Waals surface area (Å²) in [5.41, 5.74) is 24.5. The van der Waals surface area contributed by atoms with Gasteiger partial charge in [0.15, 0.2) is 0 Å². The molecule has 20 rings (SSSR count). The maximum Gasteiger partial charge on any atom is 0.253 e. The second-order valence-corrected chi connectivity index (χ2v) is 28.3. The van der Waals surface area contributed by atoms with E-state index >= 15 is 0 Å². The zero-order valence-electron chi connectivity index (χ0n) is 50.9. The maximum atomic E-state index is 7.79. The van der Waals surface area contributed by atoms with Gasteiger partial charge >= 0.3 is 0 Å². The molecule has 0 unspecified atom stereocenters. The van der Waals surface area contributed by atoms with E-state index in [4.69, 9.17) is 4.74 Å². The SMILES string of the molecule is c1ccc(B2c3ccccc3Sc3c4c(c5c(sc6c(-c7ccc(B8c9ccccc9N(c9ccccc9)c9c8c8c(c%10c9c9ccccc9n%10-c9ccccc9)B(c9ccccc9)c9ccccc9O8)cc7)cccc65)c32)B(c2ccccc2)c2ccccc2S4)cc1. The van der Waals surface area contributed by atoms with Crippen LogP contribution in [-0.2, 0) is 0 Å². The molecule has 4 aliphatic rings. The number of fused-ring (bicyclic) bond motifs is 20. The largest absolute Gasteiger partial charge is 0.459 e. The molecule has 0 amide bonds. The summed E-state index contributed by atoms with van der Waals surface area (Å²) in [6.07, 6.45) is 0. The zero-order valence-corrected chi connectivity index (χ0v) is 53.3. The van der Waals surface area contributed by atoms with E-state index in [2.05, 4.69) is 325 Å². The number of nitrogens with zero attached hydrogens (tertiary/aromatic N) is 2. The second kappa shape index (κ2) is 21.6. The number of para-hydroxylation sites is 5. The van der Waals surface area contributed by atoms with Gasteiger partial charge in [0.05, 0.1) is 16.7 Å². The standard InChI is InChI=1S/C84H52B4N2OS3/c1-6-27-54(28-7-1)86-64-41-18-23-46-69(64)91-80-75-79(73-61-37-16-21-44-67(61)89(78(73)76(80)86)58-33-12-4-13-34-58)90(59-35-14-5-15-36-59)68-45-22-17-40-63(68)85(75)57-51-49-53(50-52-57)60-38-26-39-62-72-74-83(92-70-47-24-19-42-65(70)87(74)55-29-8-2-9-30-55)84-77(82(72)94-81(60)62)88(56-31-10-3-11-32-56)66-43-20-25-48-71(66)93-84/h1-52H. The third kappa shape index (κ3) is 8.07. The lowest BCUT2D eigenvalue weighted by atomic mass is 9.31. The van der Waals surface area contributed by atoms with Gasteiger partial charge in [0.1, 0.15) is 11.5 Å². The summed E-state index contributed by atoms with van der Waals surface area (Å²) in [6, 6.07) is 118. The number of ether oxygens (including phenoxy) is 1. The van der Waals surface area contributed by atoms with Gasteiger partial charge in [-0.3, -0.25) is 0 Å². The van der Waals surface area contributed by atoms with Crippen molar-refractivity contribution < 1.29 is 4.74 Å². The molecule has 0 aliphatic carbocycles. The minimum absolute atomic E-state index is 0.0384. The van der Waals surface area contributed by atoms with E-state index in [1.54, 1.807) is 0 Å². The molecule has 10 heteroatoms. The normalized spacial score (nSPS) is 13.4. The monoisotopic (exact) mass is 1240 g/mol. The second-order valence-electron chi connectivity index (χ2n) is 25.1. The Hall–Kier alpha value is -10.3. The molecule has 2 aromatic heterocycles. The number of aromatic nitrogens is 1. The number of hydrogen-bond donors (Lipinski definition) is 0. The first-order chi connectivity index (χ1) is 46.7. The lowest BCUT2D eigenvalue weighted by Crippen LogP contribution is -2.62. The Balaban J connectivity index is 0.852. The summed E-state index contributed by atoms with van der Waals surface area (Å²) in [4.78, 5) is 7.97. The van der Waals surface area contributed by atoms with Crippen molar-refractivity contribution in [3.63, 3.8) is 0 Å². The molecule has 0 atom stereocenters. The molecule has 16 aromatic rings. The Morgan fingerprint density at radius 1 is 0.330 bits per heavy atom. The van der Waals surface area contributed by atoms with Crippen molar-refractivity contribution in [2.45, 2.75) is 19.6 Å². The third-order valence-electron chi connectivity index (χ3n) is 20.2. The van der Waals surface area contributed by atoms with Gasteiger partial charge in [0.2, 0.25) is 13.4 Å². The van der Waals surface area contributed by atoms with Gasteiger partial charge in [-0.2, -0.15) is 0 Å². The minimum Gasteiger partial charge on any atom is -0.459 e. The number of thiophene rings is 1.